The number of rotatable bonds is 35. The predicted octanol–water partition coefficient (Wildman–Crippen LogP) is -4.19. The predicted molar refractivity (Wildman–Crippen MR) is 341 cm³/mol. The number of nitrogens with one attached hydrogen (secondary N) is 5. The molecule has 0 radical (unpaired) electrons. The number of carbonyl (C=O) groups is 7. The van der Waals surface area contributed by atoms with Crippen LogP contribution in [0.1, 0.15) is 92.4 Å². The molecule has 0 aliphatic carbocycles. The number of aliphatic hydroxyl groups excluding tert-OH is 6. The number of ketones is 1. The molecule has 12 atom stereocenters. The number of ether oxygens (including phenoxy) is 4. The van der Waals surface area contributed by atoms with Crippen LogP contribution < -0.4 is 90.8 Å². The summed E-state index contributed by atoms with van der Waals surface area (Å²) in [7, 11) is 0. The zero-order valence-corrected chi connectivity index (χ0v) is 59.6. The second kappa shape index (κ2) is 40.4. The molecule has 2 aliphatic heterocycles. The third-order valence-electron chi connectivity index (χ3n) is 14.8. The van der Waals surface area contributed by atoms with E-state index in [1.807, 2.05) is 60.7 Å². The average Bonchev–Trinajstić information content (AvgIpc) is 1.04. The van der Waals surface area contributed by atoms with Crippen LogP contribution in [0.15, 0.2) is 109 Å². The van der Waals surface area contributed by atoms with Crippen molar-refractivity contribution in [2.24, 2.45) is 0 Å². The van der Waals surface area contributed by atoms with E-state index >= 15 is 0 Å². The molecule has 2 fully saturated rings. The van der Waals surface area contributed by atoms with E-state index in [-0.39, 0.29) is 95.9 Å². The molecule has 3 aromatic carbocycles. The fraction of sp³-hybridized carbons (Fsp3) is 0.460. The van der Waals surface area contributed by atoms with Crippen LogP contribution in [0, 0.1) is 0 Å². The summed E-state index contributed by atoms with van der Waals surface area (Å²) in [6.45, 7) is 1.44. The Morgan fingerprint density at radius 3 is 1.55 bits per heavy atom. The normalized spacial score (nSPS) is 22.0. The zero-order valence-electron chi connectivity index (χ0n) is 52.3. The Labute approximate surface area is 604 Å². The van der Waals surface area contributed by atoms with Gasteiger partial charge in [0.05, 0.1) is 58.6 Å². The van der Waals surface area contributed by atoms with Gasteiger partial charge in [0.1, 0.15) is 30.4 Å². The van der Waals surface area contributed by atoms with Gasteiger partial charge in [-0.1, -0.05) is 72.8 Å². The zero-order chi connectivity index (χ0) is 65.7. The molecule has 4 heterocycles. The van der Waals surface area contributed by atoms with Gasteiger partial charge in [-0.15, -0.1) is 22.7 Å². The van der Waals surface area contributed by atoms with E-state index in [2.05, 4.69) is 26.6 Å². The summed E-state index contributed by atoms with van der Waals surface area (Å²) in [6, 6.07) is 29.2. The van der Waals surface area contributed by atoms with Crippen molar-refractivity contribution in [2.45, 2.75) is 125 Å². The van der Waals surface area contributed by atoms with Crippen molar-refractivity contribution >= 4 is 93.8 Å². The van der Waals surface area contributed by atoms with E-state index < -0.39 is 128 Å². The van der Waals surface area contributed by atoms with Crippen molar-refractivity contribution in [2.75, 3.05) is 55.9 Å². The molecular weight excluding hydrogens is 1320 g/mol. The van der Waals surface area contributed by atoms with E-state index in [1.54, 1.807) is 54.8 Å². The number of carboxylic acid groups (broad SMARTS) is 1. The molecule has 25 nitrogen and oxygen atoms in total. The number of carbonyl (C=O) groups excluding carboxylic acids is 8. The first kappa shape index (κ1) is 81.9. The molecule has 94 heavy (non-hydrogen) atoms. The Hall–Kier alpha value is -4.52. The van der Waals surface area contributed by atoms with Gasteiger partial charge in [0.2, 0.25) is 17.6 Å². The first-order valence-electron chi connectivity index (χ1n) is 29.4. The second-order valence-corrected chi connectivity index (χ2v) is 26.3. The molecule has 2 aromatic heterocycles. The molecule has 12 N–H and O–H groups in total. The van der Waals surface area contributed by atoms with Gasteiger partial charge < -0.3 is 96.3 Å². The third kappa shape index (κ3) is 23.6. The minimum atomic E-state index is -2.58. The molecule has 0 bridgehead atoms. The van der Waals surface area contributed by atoms with Crippen molar-refractivity contribution in [3.8, 4) is 20.9 Å². The van der Waals surface area contributed by atoms with Gasteiger partial charge in [0.15, 0.2) is 5.78 Å². The maximum atomic E-state index is 13.0. The Bertz CT molecular complexity index is 3230. The van der Waals surface area contributed by atoms with Crippen LogP contribution in [0.5, 0.6) is 0 Å². The van der Waals surface area contributed by atoms with Gasteiger partial charge in [-0.2, -0.15) is 23.5 Å². The first-order chi connectivity index (χ1) is 43.6. The molecular formula is C63H76N5Na2O20S4-. The molecule has 500 valence electrons. The Balaban J connectivity index is 0.00000627. The molecule has 0 saturated carbocycles. The fourth-order valence-corrected chi connectivity index (χ4v) is 13.6. The number of thioether (sulfide) groups is 2. The monoisotopic (exact) mass is 1400 g/mol. The van der Waals surface area contributed by atoms with E-state index in [9.17, 15) is 74.1 Å². The van der Waals surface area contributed by atoms with E-state index in [0.717, 1.165) is 27.8 Å². The standard InChI is InChI=1S/C63H76N5O19S4.2Na.H2O/c1-37(70)67-52-44(73)32-62(36-69,86-56(52)54(77)46(75)34-65-59(80)50-23-21-48(90-50)40-12-5-3-6-13-40)84-26-10-30-89-31-25-64-58(79)42-19-17-39(18-20-42)43(72)16-9-28-88-29-11-27-85-63(61(82)83)33-45(74)53(68-38(2)71)57(87-63)55(78)47(76)35-66-60(81)51-24-22-49(91-51)41-14-7-4-8-15-41;;;/h3-8,12-15,17-24,44-47,52-57,73-78H,9-11,16,25-35H2,1-2H3,(H,64,79)(H,65,80)(H,66,81)(H,67,70)(H,68,71)(H,82,83);;;1H2/q-1;2*+1;/p-2/t44-,45-,46+,47+,52+,53+,54+,55+,56+,57+,62+,63+;;;/m0.../s1. The van der Waals surface area contributed by atoms with Crippen LogP contribution >= 0.6 is 46.2 Å². The van der Waals surface area contributed by atoms with Crippen molar-refractivity contribution in [3.05, 3.63) is 130 Å². The quantitative estimate of drug-likeness (QED) is 0.00793. The first-order valence-corrected chi connectivity index (χ1v) is 33.4. The molecule has 2 aliphatic rings. The van der Waals surface area contributed by atoms with Crippen LogP contribution in [0.4, 0.5) is 0 Å². The van der Waals surface area contributed by atoms with E-state index in [4.69, 9.17) is 18.9 Å². The summed E-state index contributed by atoms with van der Waals surface area (Å²) in [5, 5.41) is 92.3. The van der Waals surface area contributed by atoms with Crippen LogP contribution in [0.2, 0.25) is 0 Å². The smallest absolute Gasteiger partial charge is 0.870 e. The third-order valence-corrected chi connectivity index (χ3v) is 19.3. The summed E-state index contributed by atoms with van der Waals surface area (Å²) in [5.41, 5.74) is 2.58. The second-order valence-electron chi connectivity index (χ2n) is 21.6. The van der Waals surface area contributed by atoms with Crippen molar-refractivity contribution in [3.63, 3.8) is 0 Å². The summed E-state index contributed by atoms with van der Waals surface area (Å²) in [4.78, 5) is 103. The number of aliphatic carboxylic acids is 1. The summed E-state index contributed by atoms with van der Waals surface area (Å²) >= 11 is 5.41. The molecule has 2 saturated heterocycles. The minimum absolute atomic E-state index is 0. The Morgan fingerprint density at radius 1 is 0.606 bits per heavy atom. The van der Waals surface area contributed by atoms with Crippen molar-refractivity contribution in [1.82, 2.24) is 26.6 Å². The molecule has 7 rings (SSSR count). The summed E-state index contributed by atoms with van der Waals surface area (Å²) in [6.07, 6.45) is -11.6. The van der Waals surface area contributed by atoms with E-state index in [0.29, 0.717) is 69.7 Å². The van der Waals surface area contributed by atoms with Crippen LogP contribution in [-0.4, -0.2) is 212 Å². The summed E-state index contributed by atoms with van der Waals surface area (Å²) < 4.78 is 23.2. The van der Waals surface area contributed by atoms with Crippen LogP contribution in [0.3, 0.4) is 0 Å². The van der Waals surface area contributed by atoms with Gasteiger partial charge in [-0.25, -0.2) is 6.29 Å². The number of benzene rings is 3. The molecule has 5 amide bonds. The molecule has 31 heteroatoms. The van der Waals surface area contributed by atoms with Crippen LogP contribution in [-0.2, 0) is 38.1 Å². The Kier molecular flexibility index (Phi) is 35.2. The van der Waals surface area contributed by atoms with Crippen LogP contribution in [0.25, 0.3) is 20.9 Å². The van der Waals surface area contributed by atoms with Crippen molar-refractivity contribution in [1.29, 1.82) is 0 Å². The SMILES string of the molecule is CC(=O)N[C@H]1[C@H]([C@H](O)[C@H](O)CNC(=O)c2ccc(-c3ccccc3)s2)O[C@]([C-]=O)(OCCCSCCNC(=O)c2ccc(C(=O)CCCSCCCO[C@]3(C(=O)[O-])C[C@H](O)[C@@H](NC(C)=O)[C@H]([C@H](O)[C@H](O)CNC(=O)c4ccc(-c5ccccc5)s4)O3)cc2)C[C@@H]1O.[Na+].[Na+].[OH-]. The van der Waals surface area contributed by atoms with E-state index in [1.165, 1.54) is 53.1 Å². The molecule has 0 spiro atoms. The van der Waals surface area contributed by atoms with Crippen molar-refractivity contribution < 1.29 is 158 Å². The molecule has 5 aromatic rings. The number of thiophene rings is 2. The topological polar surface area (TPSA) is 408 Å². The van der Waals surface area contributed by atoms with Gasteiger partial charge in [-0.05, 0) is 84.0 Å². The Morgan fingerprint density at radius 2 is 1.06 bits per heavy atom. The maximum Gasteiger partial charge on any atom is 1.00 e. The fourth-order valence-electron chi connectivity index (χ4n) is 10.1. The number of aliphatic hydroxyl groups is 6. The number of hydrogen-bond donors (Lipinski definition) is 11. The van der Waals surface area contributed by atoms with Gasteiger partial charge in [-0.3, -0.25) is 28.8 Å². The number of carboxylic acids is 1. The summed E-state index contributed by atoms with van der Waals surface area (Å²) in [5.74, 6) is -7.30. The van der Waals surface area contributed by atoms with Gasteiger partial charge in [0.25, 0.3) is 17.7 Å². The molecule has 0 unspecified atom stereocenters. The number of hydrogen-bond acceptors (Lipinski definition) is 24. The maximum absolute atomic E-state index is 13.0. The minimum Gasteiger partial charge on any atom is -0.870 e. The van der Waals surface area contributed by atoms with Gasteiger partial charge >= 0.3 is 59.1 Å². The average molecular weight is 1400 g/mol. The number of Topliss-reactive ketones (excluding diaryl/α,β-unsaturated/α-hetero) is 1. The van der Waals surface area contributed by atoms with Gasteiger partial charge in [0, 0.05) is 86.0 Å². The number of amides is 5. The largest absolute Gasteiger partial charge is 1.00 e.